The Morgan fingerprint density at radius 2 is 1.94 bits per heavy atom. The Morgan fingerprint density at radius 3 is 2.41 bits per heavy atom. The predicted molar refractivity (Wildman–Crippen MR) is 77.5 cm³/mol. The molecule has 0 aromatic rings. The van der Waals surface area contributed by atoms with Gasteiger partial charge in [0.2, 0.25) is 0 Å². The second kappa shape index (κ2) is 5.70. The number of hydrogen-bond acceptors (Lipinski definition) is 4. The molecule has 0 aliphatic carbocycles. The molecule has 0 unspecified atom stereocenters. The standard InChI is InChI=1S/C13H22O2S2/c1-10(2)11(14)15-12(3,4)9-13(5)16-7-6-8-17-13/h1,6-9H2,2-5H3. The van der Waals surface area contributed by atoms with Crippen molar-refractivity contribution >= 4 is 29.5 Å². The molecule has 0 bridgehead atoms. The largest absolute Gasteiger partial charge is 0.456 e. The summed E-state index contributed by atoms with van der Waals surface area (Å²) in [5.41, 5.74) is 0.0365. The van der Waals surface area contributed by atoms with Crippen LogP contribution in [0.5, 0.6) is 0 Å². The molecule has 1 fully saturated rings. The van der Waals surface area contributed by atoms with E-state index in [1.54, 1.807) is 6.92 Å². The molecule has 4 heteroatoms. The number of rotatable bonds is 4. The first kappa shape index (κ1) is 15.0. The molecule has 0 radical (unpaired) electrons. The number of thioether (sulfide) groups is 2. The smallest absolute Gasteiger partial charge is 0.333 e. The summed E-state index contributed by atoms with van der Waals surface area (Å²) in [5.74, 6) is 2.12. The van der Waals surface area contributed by atoms with Gasteiger partial charge in [-0.15, -0.1) is 23.5 Å². The summed E-state index contributed by atoms with van der Waals surface area (Å²) in [5, 5.41) is 0. The lowest BCUT2D eigenvalue weighted by molar-refractivity contribution is -0.152. The van der Waals surface area contributed by atoms with E-state index in [-0.39, 0.29) is 10.0 Å². The molecule has 1 saturated heterocycles. The molecule has 0 aromatic heterocycles. The minimum absolute atomic E-state index is 0.164. The van der Waals surface area contributed by atoms with Gasteiger partial charge in [0.05, 0.1) is 4.08 Å². The highest BCUT2D eigenvalue weighted by molar-refractivity contribution is 8.18. The first-order chi connectivity index (χ1) is 7.74. The molecule has 2 nitrogen and oxygen atoms in total. The average molecular weight is 274 g/mol. The molecular formula is C13H22O2S2. The maximum absolute atomic E-state index is 11.6. The molecule has 0 spiro atoms. The first-order valence-electron chi connectivity index (χ1n) is 5.91. The van der Waals surface area contributed by atoms with Gasteiger partial charge >= 0.3 is 5.97 Å². The molecule has 0 saturated carbocycles. The molecule has 0 atom stereocenters. The predicted octanol–water partition coefficient (Wildman–Crippen LogP) is 3.86. The lowest BCUT2D eigenvalue weighted by atomic mass is 10.0. The fourth-order valence-corrected chi connectivity index (χ4v) is 5.28. The van der Waals surface area contributed by atoms with Crippen LogP contribution in [0.15, 0.2) is 12.2 Å². The van der Waals surface area contributed by atoms with E-state index in [1.165, 1.54) is 17.9 Å². The molecule has 1 heterocycles. The van der Waals surface area contributed by atoms with E-state index in [9.17, 15) is 4.79 Å². The fourth-order valence-electron chi connectivity index (χ4n) is 1.93. The van der Waals surface area contributed by atoms with Gasteiger partial charge in [-0.3, -0.25) is 0 Å². The van der Waals surface area contributed by atoms with Crippen LogP contribution in [-0.2, 0) is 9.53 Å². The Labute approximate surface area is 113 Å². The van der Waals surface area contributed by atoms with Crippen molar-refractivity contribution in [1.82, 2.24) is 0 Å². The summed E-state index contributed by atoms with van der Waals surface area (Å²) in [7, 11) is 0. The van der Waals surface area contributed by atoms with Crippen LogP contribution in [0.3, 0.4) is 0 Å². The molecule has 1 aliphatic rings. The van der Waals surface area contributed by atoms with Gasteiger partial charge in [0.15, 0.2) is 0 Å². The molecule has 0 N–H and O–H groups in total. The Hall–Kier alpha value is -0.0900. The molecule has 0 aromatic carbocycles. The molecule has 1 aliphatic heterocycles. The van der Waals surface area contributed by atoms with Crippen LogP contribution in [0.25, 0.3) is 0 Å². The number of ether oxygens (including phenoxy) is 1. The second-order valence-electron chi connectivity index (χ2n) is 5.29. The second-order valence-corrected chi connectivity index (χ2v) is 8.74. The van der Waals surface area contributed by atoms with Crippen molar-refractivity contribution in [2.24, 2.45) is 0 Å². The van der Waals surface area contributed by atoms with Crippen molar-refractivity contribution in [3.8, 4) is 0 Å². The van der Waals surface area contributed by atoms with E-state index in [1.807, 2.05) is 37.4 Å². The highest BCUT2D eigenvalue weighted by Crippen LogP contribution is 2.47. The van der Waals surface area contributed by atoms with Crippen molar-refractivity contribution in [2.75, 3.05) is 11.5 Å². The lowest BCUT2D eigenvalue weighted by Crippen LogP contribution is -2.37. The van der Waals surface area contributed by atoms with E-state index in [0.29, 0.717) is 5.57 Å². The summed E-state index contributed by atoms with van der Waals surface area (Å²) in [6.45, 7) is 11.5. The van der Waals surface area contributed by atoms with Gasteiger partial charge in [-0.1, -0.05) is 6.58 Å². The van der Waals surface area contributed by atoms with E-state index < -0.39 is 5.60 Å². The third-order valence-electron chi connectivity index (χ3n) is 2.57. The van der Waals surface area contributed by atoms with Crippen LogP contribution in [0.4, 0.5) is 0 Å². The normalized spacial score (nSPS) is 19.8. The summed E-state index contributed by atoms with van der Waals surface area (Å²) in [4.78, 5) is 11.6. The molecule has 0 amide bonds. The first-order valence-corrected chi connectivity index (χ1v) is 7.88. The van der Waals surface area contributed by atoms with Crippen LogP contribution >= 0.6 is 23.5 Å². The number of hydrogen-bond donors (Lipinski definition) is 0. The number of carbonyl (C=O) groups is 1. The quantitative estimate of drug-likeness (QED) is 0.574. The van der Waals surface area contributed by atoms with Crippen molar-refractivity contribution < 1.29 is 9.53 Å². The van der Waals surface area contributed by atoms with E-state index >= 15 is 0 Å². The third-order valence-corrected chi connectivity index (χ3v) is 5.77. The van der Waals surface area contributed by atoms with E-state index in [4.69, 9.17) is 4.74 Å². The minimum atomic E-state index is -0.428. The number of esters is 1. The van der Waals surface area contributed by atoms with Gasteiger partial charge in [0.1, 0.15) is 5.60 Å². The zero-order chi connectivity index (χ0) is 13.1. The molecule has 98 valence electrons. The van der Waals surface area contributed by atoms with Gasteiger partial charge in [-0.05, 0) is 45.6 Å². The Morgan fingerprint density at radius 1 is 1.41 bits per heavy atom. The molecule has 1 rings (SSSR count). The van der Waals surface area contributed by atoms with Crippen LogP contribution in [0, 0.1) is 0 Å². The highest BCUT2D eigenvalue weighted by atomic mass is 32.2. The monoisotopic (exact) mass is 274 g/mol. The van der Waals surface area contributed by atoms with Crippen molar-refractivity contribution in [1.29, 1.82) is 0 Å². The number of carbonyl (C=O) groups excluding carboxylic acids is 1. The maximum Gasteiger partial charge on any atom is 0.333 e. The summed E-state index contributed by atoms with van der Waals surface area (Å²) < 4.78 is 5.67. The van der Waals surface area contributed by atoms with Gasteiger partial charge in [-0.25, -0.2) is 4.79 Å². The van der Waals surface area contributed by atoms with Gasteiger partial charge in [0.25, 0.3) is 0 Å². The van der Waals surface area contributed by atoms with E-state index in [2.05, 4.69) is 13.5 Å². The van der Waals surface area contributed by atoms with Crippen LogP contribution < -0.4 is 0 Å². The zero-order valence-electron chi connectivity index (χ0n) is 11.2. The van der Waals surface area contributed by atoms with Crippen LogP contribution in [-0.4, -0.2) is 27.2 Å². The fraction of sp³-hybridized carbons (Fsp3) is 0.769. The zero-order valence-corrected chi connectivity index (χ0v) is 12.8. The van der Waals surface area contributed by atoms with Crippen molar-refractivity contribution in [2.45, 2.75) is 50.2 Å². The van der Waals surface area contributed by atoms with Gasteiger partial charge < -0.3 is 4.74 Å². The minimum Gasteiger partial charge on any atom is -0.456 e. The summed E-state index contributed by atoms with van der Waals surface area (Å²) >= 11 is 3.95. The van der Waals surface area contributed by atoms with Gasteiger partial charge in [-0.2, -0.15) is 0 Å². The van der Waals surface area contributed by atoms with Crippen molar-refractivity contribution in [3.63, 3.8) is 0 Å². The summed E-state index contributed by atoms with van der Waals surface area (Å²) in [6, 6.07) is 0. The lowest BCUT2D eigenvalue weighted by Gasteiger charge is -2.38. The van der Waals surface area contributed by atoms with Crippen molar-refractivity contribution in [3.05, 3.63) is 12.2 Å². The van der Waals surface area contributed by atoms with Crippen LogP contribution in [0.1, 0.15) is 40.5 Å². The topological polar surface area (TPSA) is 26.3 Å². The van der Waals surface area contributed by atoms with Gasteiger partial charge in [0, 0.05) is 12.0 Å². The SMILES string of the molecule is C=C(C)C(=O)OC(C)(C)CC1(C)SCCCS1. The summed E-state index contributed by atoms with van der Waals surface area (Å²) in [6.07, 6.45) is 2.14. The average Bonchev–Trinajstić information content (AvgIpc) is 2.15. The Bertz CT molecular complexity index is 305. The highest BCUT2D eigenvalue weighted by Gasteiger charge is 2.37. The third kappa shape index (κ3) is 4.96. The van der Waals surface area contributed by atoms with E-state index in [0.717, 1.165) is 6.42 Å². The Kier molecular flexibility index (Phi) is 5.02. The maximum atomic E-state index is 11.6. The molecular weight excluding hydrogens is 252 g/mol. The van der Waals surface area contributed by atoms with Crippen LogP contribution in [0.2, 0.25) is 0 Å². The molecule has 17 heavy (non-hydrogen) atoms. The Balaban J connectivity index is 2.58.